The number of carbonyl (C=O) groups is 1. The smallest absolute Gasteiger partial charge is 0.267 e. The second-order valence-corrected chi connectivity index (χ2v) is 9.03. The highest BCUT2D eigenvalue weighted by molar-refractivity contribution is 5.90. The number of hydrogen-bond acceptors (Lipinski definition) is 5. The summed E-state index contributed by atoms with van der Waals surface area (Å²) in [6.45, 7) is 1.97. The van der Waals surface area contributed by atoms with E-state index in [1.54, 1.807) is 11.6 Å². The Balaban J connectivity index is 1.63. The molecule has 36 heavy (non-hydrogen) atoms. The largest absolute Gasteiger partial charge is 0.288 e. The number of aryl methyl sites for hydroxylation is 2. The molecule has 0 saturated carbocycles. The van der Waals surface area contributed by atoms with Crippen LogP contribution in [0.5, 0.6) is 0 Å². The van der Waals surface area contributed by atoms with Gasteiger partial charge in [0.05, 0.1) is 11.4 Å². The Morgan fingerprint density at radius 2 is 1.67 bits per heavy atom. The van der Waals surface area contributed by atoms with E-state index in [-0.39, 0.29) is 0 Å². The lowest BCUT2D eigenvalue weighted by Gasteiger charge is -2.39. The zero-order chi connectivity index (χ0) is 24.7. The van der Waals surface area contributed by atoms with Crippen LogP contribution in [0.4, 0.5) is 11.5 Å². The summed E-state index contributed by atoms with van der Waals surface area (Å²) in [6, 6.07) is 24.9. The summed E-state index contributed by atoms with van der Waals surface area (Å²) in [4.78, 5) is 16.6. The summed E-state index contributed by atoms with van der Waals surface area (Å²) in [5.74, 6) is 0.458. The van der Waals surface area contributed by atoms with Crippen LogP contribution in [0.3, 0.4) is 0 Å². The first-order chi connectivity index (χ1) is 17.7. The molecule has 0 spiro atoms. The quantitative estimate of drug-likeness (QED) is 0.206. The van der Waals surface area contributed by atoms with Gasteiger partial charge in [-0.2, -0.15) is 0 Å². The molecule has 1 aliphatic rings. The first-order valence-electron chi connectivity index (χ1n) is 12.5. The molecule has 2 aromatic heterocycles. The van der Waals surface area contributed by atoms with Crippen LogP contribution >= 0.6 is 0 Å². The molecule has 184 valence electrons. The molecule has 7 nitrogen and oxygen atoms in total. The van der Waals surface area contributed by atoms with Gasteiger partial charge in [-0.3, -0.25) is 19.4 Å². The van der Waals surface area contributed by atoms with Gasteiger partial charge in [-0.05, 0) is 67.2 Å². The van der Waals surface area contributed by atoms with Crippen molar-refractivity contribution >= 4 is 29.1 Å². The molecule has 1 amide bonds. The number of para-hydroxylation sites is 1. The molecule has 1 saturated heterocycles. The van der Waals surface area contributed by atoms with Crippen molar-refractivity contribution < 1.29 is 10.0 Å². The fourth-order valence-corrected chi connectivity index (χ4v) is 4.77. The number of fused-ring (bicyclic) bond motifs is 1. The predicted molar refractivity (Wildman–Crippen MR) is 142 cm³/mol. The van der Waals surface area contributed by atoms with Gasteiger partial charge in [0, 0.05) is 25.4 Å². The Hall–Kier alpha value is -3.94. The van der Waals surface area contributed by atoms with Gasteiger partial charge in [-0.15, -0.1) is 0 Å². The first-order valence-corrected chi connectivity index (χ1v) is 12.5. The summed E-state index contributed by atoms with van der Waals surface area (Å²) in [5, 5.41) is 13.6. The molecule has 0 atom stereocenters. The Morgan fingerprint density at radius 1 is 0.944 bits per heavy atom. The van der Waals surface area contributed by atoms with E-state index >= 15 is 0 Å². The van der Waals surface area contributed by atoms with Crippen molar-refractivity contribution in [2.75, 3.05) is 18.1 Å². The Labute approximate surface area is 211 Å². The van der Waals surface area contributed by atoms with E-state index < -0.39 is 5.91 Å². The van der Waals surface area contributed by atoms with E-state index in [9.17, 15) is 4.79 Å². The van der Waals surface area contributed by atoms with E-state index in [4.69, 9.17) is 10.2 Å². The van der Waals surface area contributed by atoms with Crippen LogP contribution in [0, 0.1) is 0 Å². The number of hydrazine groups is 1. The van der Waals surface area contributed by atoms with Crippen LogP contribution in [-0.4, -0.2) is 38.6 Å². The summed E-state index contributed by atoms with van der Waals surface area (Å²) < 4.78 is 2.12. The molecule has 0 bridgehead atoms. The van der Waals surface area contributed by atoms with Gasteiger partial charge in [-0.1, -0.05) is 55.0 Å². The molecule has 0 radical (unpaired) electrons. The third kappa shape index (κ3) is 5.32. The fourth-order valence-electron chi connectivity index (χ4n) is 4.77. The molecular formula is C29H31N5O2. The van der Waals surface area contributed by atoms with E-state index in [1.807, 2.05) is 30.5 Å². The zero-order valence-electron chi connectivity index (χ0n) is 20.3. The topological polar surface area (TPSA) is 73.1 Å². The molecule has 2 aromatic carbocycles. The lowest BCUT2D eigenvalue weighted by molar-refractivity contribution is -0.124. The maximum atomic E-state index is 11.6. The SMILES string of the molecule is O=C(C=Cc1ccc2nc(CCc3ccccc3)c(N(c3ccccc3)N3CCCCC3)n2c1)NO. The van der Waals surface area contributed by atoms with Crippen molar-refractivity contribution in [1.82, 2.24) is 19.9 Å². The van der Waals surface area contributed by atoms with Crippen LogP contribution in [0.1, 0.15) is 36.1 Å². The Kier molecular flexibility index (Phi) is 7.40. The first kappa shape index (κ1) is 23.8. The number of benzene rings is 2. The predicted octanol–water partition coefficient (Wildman–Crippen LogP) is 5.18. The van der Waals surface area contributed by atoms with Crippen LogP contribution < -0.4 is 10.5 Å². The second kappa shape index (κ2) is 11.2. The lowest BCUT2D eigenvalue weighted by atomic mass is 10.1. The van der Waals surface area contributed by atoms with Gasteiger partial charge < -0.3 is 0 Å². The van der Waals surface area contributed by atoms with E-state index in [0.29, 0.717) is 0 Å². The molecular weight excluding hydrogens is 450 g/mol. The second-order valence-electron chi connectivity index (χ2n) is 9.03. The van der Waals surface area contributed by atoms with Crippen molar-refractivity contribution in [3.8, 4) is 0 Å². The van der Waals surface area contributed by atoms with Crippen molar-refractivity contribution in [2.45, 2.75) is 32.1 Å². The minimum atomic E-state index is -0.566. The number of amides is 1. The average Bonchev–Trinajstić information content (AvgIpc) is 3.30. The van der Waals surface area contributed by atoms with E-state index in [0.717, 1.165) is 67.2 Å². The highest BCUT2D eigenvalue weighted by atomic mass is 16.5. The maximum Gasteiger partial charge on any atom is 0.267 e. The number of rotatable bonds is 8. The summed E-state index contributed by atoms with van der Waals surface area (Å²) in [5.41, 5.74) is 6.75. The molecule has 7 heteroatoms. The number of aromatic nitrogens is 2. The molecule has 3 heterocycles. The van der Waals surface area contributed by atoms with Crippen molar-refractivity contribution in [1.29, 1.82) is 0 Å². The number of nitrogens with zero attached hydrogens (tertiary/aromatic N) is 4. The minimum absolute atomic E-state index is 0.566. The number of pyridine rings is 1. The van der Waals surface area contributed by atoms with Crippen LogP contribution in [0.25, 0.3) is 11.7 Å². The summed E-state index contributed by atoms with van der Waals surface area (Å²) in [6.07, 6.45) is 10.3. The number of piperidine rings is 1. The molecule has 4 aromatic rings. The highest BCUT2D eigenvalue weighted by Gasteiger charge is 2.26. The maximum absolute atomic E-state index is 11.6. The normalized spacial score (nSPS) is 14.4. The lowest BCUT2D eigenvalue weighted by Crippen LogP contribution is -2.43. The third-order valence-electron chi connectivity index (χ3n) is 6.53. The number of hydrogen-bond donors (Lipinski definition) is 2. The summed E-state index contributed by atoms with van der Waals surface area (Å²) in [7, 11) is 0. The van der Waals surface area contributed by atoms with Gasteiger partial charge in [0.25, 0.3) is 5.91 Å². The molecule has 0 unspecified atom stereocenters. The number of imidazole rings is 1. The van der Waals surface area contributed by atoms with Gasteiger partial charge in [-0.25, -0.2) is 15.5 Å². The van der Waals surface area contributed by atoms with Gasteiger partial charge in [0.2, 0.25) is 0 Å². The number of carbonyl (C=O) groups excluding carboxylic acids is 1. The standard InChI is InChI=1S/C29H31N5O2/c35-28(31-36)19-16-24-15-18-27-30-26(17-14-23-10-4-1-5-11-23)29(33(27)22-24)34(25-12-6-2-7-13-25)32-20-8-3-9-21-32/h1-2,4-7,10-13,15-16,18-19,22,36H,3,8-9,14,17,20-21H2,(H,31,35). The Morgan fingerprint density at radius 3 is 2.39 bits per heavy atom. The van der Waals surface area contributed by atoms with E-state index in [2.05, 4.69) is 62.9 Å². The summed E-state index contributed by atoms with van der Waals surface area (Å²) >= 11 is 0. The molecule has 1 aliphatic heterocycles. The van der Waals surface area contributed by atoms with Crippen molar-refractivity contribution in [3.05, 3.63) is 102 Å². The average molecular weight is 482 g/mol. The van der Waals surface area contributed by atoms with Crippen LogP contribution in [0.15, 0.2) is 85.1 Å². The molecule has 0 aliphatic carbocycles. The van der Waals surface area contributed by atoms with Crippen molar-refractivity contribution in [2.24, 2.45) is 0 Å². The minimum Gasteiger partial charge on any atom is -0.288 e. The number of nitrogens with one attached hydrogen (secondary N) is 1. The number of hydroxylamine groups is 1. The van der Waals surface area contributed by atoms with Gasteiger partial charge in [0.1, 0.15) is 5.65 Å². The van der Waals surface area contributed by atoms with Gasteiger partial charge >= 0.3 is 0 Å². The van der Waals surface area contributed by atoms with Crippen molar-refractivity contribution in [3.63, 3.8) is 0 Å². The van der Waals surface area contributed by atoms with Crippen LogP contribution in [0.2, 0.25) is 0 Å². The van der Waals surface area contributed by atoms with Crippen LogP contribution in [-0.2, 0) is 17.6 Å². The molecule has 5 rings (SSSR count). The third-order valence-corrected chi connectivity index (χ3v) is 6.53. The fraction of sp³-hybridized carbons (Fsp3) is 0.241. The zero-order valence-corrected chi connectivity index (χ0v) is 20.3. The number of anilines is 2. The Bertz CT molecular complexity index is 1330. The van der Waals surface area contributed by atoms with E-state index in [1.165, 1.54) is 18.1 Å². The van der Waals surface area contributed by atoms with Gasteiger partial charge in [0.15, 0.2) is 5.82 Å². The molecule has 1 fully saturated rings. The molecule has 2 N–H and O–H groups in total. The highest BCUT2D eigenvalue weighted by Crippen LogP contribution is 2.34. The monoisotopic (exact) mass is 481 g/mol.